The lowest BCUT2D eigenvalue weighted by atomic mass is 9.43. The number of nitrogens with one attached hydrogen (secondary N) is 1. The molecule has 1 heterocycles. The number of carbonyl (C=O) groups is 2. The van der Waals surface area contributed by atoms with Gasteiger partial charge in [0.15, 0.2) is 0 Å². The van der Waals surface area contributed by atoms with E-state index in [-0.39, 0.29) is 40.8 Å². The van der Waals surface area contributed by atoms with E-state index in [0.717, 1.165) is 63.4 Å². The number of hydrogen-bond donors (Lipinski definition) is 3. The molecule has 4 aliphatic carbocycles. The Morgan fingerprint density at radius 3 is 2.62 bits per heavy atom. The third-order valence-corrected chi connectivity index (χ3v) is 11.0. The van der Waals surface area contributed by atoms with Crippen LogP contribution in [0.1, 0.15) is 96.0 Å². The van der Waals surface area contributed by atoms with Gasteiger partial charge in [0, 0.05) is 24.4 Å². The van der Waals surface area contributed by atoms with E-state index in [1.54, 1.807) is 6.26 Å². The number of rotatable bonds is 6. The lowest BCUT2D eigenvalue weighted by molar-refractivity contribution is -0.205. The summed E-state index contributed by atoms with van der Waals surface area (Å²) in [5.74, 6) is 0.477. The molecule has 0 unspecified atom stereocenters. The highest BCUT2D eigenvalue weighted by Gasteiger charge is 2.67. The monoisotopic (exact) mass is 515 g/mol. The second-order valence-electron chi connectivity index (χ2n) is 12.6. The summed E-state index contributed by atoms with van der Waals surface area (Å²) in [5.41, 5.74) is -0.165. The van der Waals surface area contributed by atoms with Crippen LogP contribution in [0.5, 0.6) is 0 Å². The first-order valence-electron chi connectivity index (χ1n) is 14.0. The number of hydrogen-bond acceptors (Lipinski definition) is 6. The number of amides is 1. The Morgan fingerprint density at radius 2 is 1.89 bits per heavy atom. The van der Waals surface area contributed by atoms with Crippen molar-refractivity contribution in [1.82, 2.24) is 5.32 Å². The Bertz CT molecular complexity index is 1070. The van der Waals surface area contributed by atoms with Crippen LogP contribution in [0.3, 0.4) is 0 Å². The average molecular weight is 516 g/mol. The van der Waals surface area contributed by atoms with Crippen LogP contribution >= 0.6 is 0 Å². The normalized spacial score (nSPS) is 40.7. The summed E-state index contributed by atoms with van der Waals surface area (Å²) in [6, 6.07) is 3.37. The number of fused-ring (bicyclic) bond motifs is 5. The molecule has 204 valence electrons. The number of aliphatic hydroxyl groups is 1. The molecule has 3 N–H and O–H groups in total. The lowest BCUT2D eigenvalue weighted by Crippen LogP contribution is -2.62. The van der Waals surface area contributed by atoms with Crippen LogP contribution in [0.25, 0.3) is 0 Å². The third-order valence-electron chi connectivity index (χ3n) is 11.0. The van der Waals surface area contributed by atoms with E-state index in [0.29, 0.717) is 24.8 Å². The van der Waals surface area contributed by atoms with Crippen molar-refractivity contribution in [2.24, 2.45) is 28.6 Å². The van der Waals surface area contributed by atoms with E-state index in [9.17, 15) is 19.5 Å². The quantitative estimate of drug-likeness (QED) is 0.463. The minimum atomic E-state index is -0.869. The molecule has 1 amide bonds. The van der Waals surface area contributed by atoms with E-state index >= 15 is 0 Å². The molecule has 0 radical (unpaired) electrons. The Kier molecular flexibility index (Phi) is 6.92. The number of carboxylic acid groups (broad SMARTS) is 1. The second-order valence-corrected chi connectivity index (χ2v) is 12.6. The summed E-state index contributed by atoms with van der Waals surface area (Å²) in [5, 5.41) is 23.8. The second kappa shape index (κ2) is 9.75. The Morgan fingerprint density at radius 1 is 1.08 bits per heavy atom. The largest absolute Gasteiger partial charge is 0.481 e. The molecule has 8 atom stereocenters. The Balaban J connectivity index is 1.24. The van der Waals surface area contributed by atoms with E-state index in [4.69, 9.17) is 14.3 Å². The maximum atomic E-state index is 12.4. The first kappa shape index (κ1) is 26.3. The number of alkyl carbamates (subject to hydrolysis) is 1. The molecule has 37 heavy (non-hydrogen) atoms. The zero-order chi connectivity index (χ0) is 26.4. The molecule has 0 bridgehead atoms. The van der Waals surface area contributed by atoms with Crippen molar-refractivity contribution in [3.63, 3.8) is 0 Å². The van der Waals surface area contributed by atoms with Crippen molar-refractivity contribution in [3.8, 4) is 0 Å². The highest BCUT2D eigenvalue weighted by molar-refractivity contribution is 5.68. The molecule has 4 fully saturated rings. The van der Waals surface area contributed by atoms with Crippen molar-refractivity contribution < 1.29 is 29.0 Å². The fourth-order valence-electron chi connectivity index (χ4n) is 9.02. The van der Waals surface area contributed by atoms with Gasteiger partial charge in [0.05, 0.1) is 11.9 Å². The van der Waals surface area contributed by atoms with E-state index < -0.39 is 17.7 Å². The summed E-state index contributed by atoms with van der Waals surface area (Å²) in [6.45, 7) is 4.96. The van der Waals surface area contributed by atoms with Gasteiger partial charge in [-0.05, 0) is 105 Å². The maximum Gasteiger partial charge on any atom is 0.407 e. The van der Waals surface area contributed by atoms with Crippen LogP contribution in [0.15, 0.2) is 27.6 Å². The van der Waals surface area contributed by atoms with Crippen LogP contribution in [-0.2, 0) is 9.53 Å². The van der Waals surface area contributed by atoms with Crippen LogP contribution in [0.4, 0.5) is 4.79 Å². The third kappa shape index (κ3) is 4.49. The molecule has 4 saturated carbocycles. The molecule has 1 aromatic heterocycles. The van der Waals surface area contributed by atoms with E-state index in [1.807, 2.05) is 6.07 Å². The first-order chi connectivity index (χ1) is 17.6. The maximum absolute atomic E-state index is 12.4. The van der Waals surface area contributed by atoms with Gasteiger partial charge in [-0.15, -0.1) is 0 Å². The van der Waals surface area contributed by atoms with Crippen molar-refractivity contribution in [2.45, 2.75) is 102 Å². The fourth-order valence-corrected chi connectivity index (χ4v) is 9.02. The van der Waals surface area contributed by atoms with Gasteiger partial charge in [0.2, 0.25) is 0 Å². The summed E-state index contributed by atoms with van der Waals surface area (Å²) < 4.78 is 10.9. The highest BCUT2D eigenvalue weighted by atomic mass is 16.6. The molecule has 0 spiro atoms. The summed E-state index contributed by atoms with van der Waals surface area (Å²) >= 11 is 0. The van der Waals surface area contributed by atoms with Crippen LogP contribution < -0.4 is 10.9 Å². The van der Waals surface area contributed by atoms with Gasteiger partial charge in [-0.2, -0.15) is 0 Å². The molecule has 0 aliphatic heterocycles. The Labute approximate surface area is 218 Å². The smallest absolute Gasteiger partial charge is 0.407 e. The number of carbonyl (C=O) groups excluding carboxylic acids is 1. The molecular formula is C29H41NO7. The number of aliphatic carboxylic acids is 1. The fraction of sp³-hybridized carbons (Fsp3) is 0.759. The van der Waals surface area contributed by atoms with Crippen molar-refractivity contribution in [2.75, 3.05) is 6.54 Å². The summed E-state index contributed by atoms with van der Waals surface area (Å²) in [4.78, 5) is 34.4. The van der Waals surface area contributed by atoms with Gasteiger partial charge in [-0.3, -0.25) is 4.79 Å². The van der Waals surface area contributed by atoms with E-state index in [2.05, 4.69) is 19.2 Å². The molecule has 0 saturated heterocycles. The molecule has 1 aromatic rings. The molecular weight excluding hydrogens is 474 g/mol. The van der Waals surface area contributed by atoms with Crippen molar-refractivity contribution in [1.29, 1.82) is 0 Å². The number of carboxylic acids is 1. The van der Waals surface area contributed by atoms with Crippen LogP contribution in [0.2, 0.25) is 0 Å². The van der Waals surface area contributed by atoms with Gasteiger partial charge in [0.25, 0.3) is 0 Å². The van der Waals surface area contributed by atoms with Crippen molar-refractivity contribution in [3.05, 3.63) is 34.4 Å². The predicted octanol–water partition coefficient (Wildman–Crippen LogP) is 4.84. The van der Waals surface area contributed by atoms with Gasteiger partial charge in [-0.25, -0.2) is 9.59 Å². The van der Waals surface area contributed by atoms with Crippen LogP contribution in [-0.4, -0.2) is 40.5 Å². The average Bonchev–Trinajstić information content (AvgIpc) is 3.14. The van der Waals surface area contributed by atoms with Gasteiger partial charge < -0.3 is 24.7 Å². The Hall–Kier alpha value is -2.35. The molecule has 4 aliphatic rings. The molecule has 0 aromatic carbocycles. The zero-order valence-corrected chi connectivity index (χ0v) is 22.0. The van der Waals surface area contributed by atoms with Crippen LogP contribution in [0, 0.1) is 28.6 Å². The standard InChI is InChI=1S/C29H41NO7/c1-27-12-9-20(37-26(34)30-15-3-4-24(31)32)16-19(27)6-7-23-22(27)10-13-28(2)21(11-14-29(23,28)35)18-5-8-25(33)36-17-18/h5,8,17,19-23,35H,3-4,6-7,9-16H2,1-2H3,(H,30,34)(H,31,32)/t19-,20+,21-,22+,23-,27+,28-,29+/m1/s1. The van der Waals surface area contributed by atoms with Gasteiger partial charge in [0.1, 0.15) is 6.10 Å². The van der Waals surface area contributed by atoms with Gasteiger partial charge in [-0.1, -0.05) is 13.8 Å². The topological polar surface area (TPSA) is 126 Å². The molecule has 5 rings (SSSR count). The highest BCUT2D eigenvalue weighted by Crippen LogP contribution is 2.70. The summed E-state index contributed by atoms with van der Waals surface area (Å²) in [7, 11) is 0. The molecule has 8 heteroatoms. The first-order valence-corrected chi connectivity index (χ1v) is 14.0. The van der Waals surface area contributed by atoms with Gasteiger partial charge >= 0.3 is 17.7 Å². The lowest BCUT2D eigenvalue weighted by Gasteiger charge is -2.63. The molecule has 8 nitrogen and oxygen atoms in total. The van der Waals surface area contributed by atoms with E-state index in [1.165, 1.54) is 6.07 Å². The zero-order valence-electron chi connectivity index (χ0n) is 22.0. The summed E-state index contributed by atoms with van der Waals surface area (Å²) in [6.07, 6.45) is 9.83. The minimum absolute atomic E-state index is 0.0284. The minimum Gasteiger partial charge on any atom is -0.481 e. The van der Waals surface area contributed by atoms with Crippen molar-refractivity contribution >= 4 is 12.1 Å². The predicted molar refractivity (Wildman–Crippen MR) is 136 cm³/mol. The number of ether oxygens (including phenoxy) is 1. The SMILES string of the molecule is C[C@]12CC[C@H](OC(=O)NCCCC(=O)O)C[C@H]1CC[C@@H]1[C@@H]2CC[C@]2(C)[C@@H](c3ccc(=O)oc3)CC[C@]12O.